The summed E-state index contributed by atoms with van der Waals surface area (Å²) in [4.78, 5) is 11.3. The largest absolute Gasteiger partial charge is 0.461 e. The van der Waals surface area contributed by atoms with Crippen LogP contribution in [0.2, 0.25) is 0 Å². The van der Waals surface area contributed by atoms with Crippen LogP contribution in [0.25, 0.3) is 0 Å². The molecule has 0 atom stereocenters. The summed E-state index contributed by atoms with van der Waals surface area (Å²) < 4.78 is 6.67. The number of benzene rings is 1. The zero-order valence-corrected chi connectivity index (χ0v) is 10.5. The SMILES string of the molecule is O=C(OCCI)c1cccc(Br)c1. The van der Waals surface area contributed by atoms with Crippen LogP contribution in [-0.2, 0) is 4.74 Å². The molecule has 0 aliphatic carbocycles. The Labute approximate surface area is 98.9 Å². The van der Waals surface area contributed by atoms with E-state index in [4.69, 9.17) is 4.74 Å². The van der Waals surface area contributed by atoms with Crippen molar-refractivity contribution in [1.29, 1.82) is 0 Å². The standard InChI is InChI=1S/C9H8BrIO2/c10-8-3-1-2-7(6-8)9(12)13-5-4-11/h1-3,6H,4-5H2. The predicted octanol–water partition coefficient (Wildman–Crippen LogP) is 3.04. The Morgan fingerprint density at radius 2 is 2.31 bits per heavy atom. The lowest BCUT2D eigenvalue weighted by molar-refractivity contribution is 0.0532. The Hall–Kier alpha value is -0.100. The van der Waals surface area contributed by atoms with Gasteiger partial charge in [-0.15, -0.1) is 0 Å². The topological polar surface area (TPSA) is 26.3 Å². The summed E-state index contributed by atoms with van der Waals surface area (Å²) in [5.74, 6) is -0.266. The summed E-state index contributed by atoms with van der Waals surface area (Å²) >= 11 is 5.45. The molecule has 0 unspecified atom stereocenters. The van der Waals surface area contributed by atoms with Crippen molar-refractivity contribution in [1.82, 2.24) is 0 Å². The Kier molecular flexibility index (Phi) is 4.72. The molecule has 0 bridgehead atoms. The number of esters is 1. The number of carbonyl (C=O) groups excluding carboxylic acids is 1. The van der Waals surface area contributed by atoms with E-state index in [0.29, 0.717) is 12.2 Å². The molecule has 0 aromatic heterocycles. The van der Waals surface area contributed by atoms with Crippen LogP contribution >= 0.6 is 38.5 Å². The molecule has 70 valence electrons. The minimum Gasteiger partial charge on any atom is -0.461 e. The van der Waals surface area contributed by atoms with Crippen LogP contribution in [-0.4, -0.2) is 17.0 Å². The molecule has 4 heteroatoms. The molecule has 0 saturated heterocycles. The molecule has 0 spiro atoms. The molecule has 0 N–H and O–H groups in total. The van der Waals surface area contributed by atoms with E-state index >= 15 is 0 Å². The first-order valence-electron chi connectivity index (χ1n) is 3.72. The maximum absolute atomic E-state index is 11.3. The van der Waals surface area contributed by atoms with Gasteiger partial charge in [0.2, 0.25) is 0 Å². The van der Waals surface area contributed by atoms with Gasteiger partial charge in [-0.05, 0) is 18.2 Å². The smallest absolute Gasteiger partial charge is 0.338 e. The van der Waals surface area contributed by atoms with Crippen molar-refractivity contribution < 1.29 is 9.53 Å². The van der Waals surface area contributed by atoms with Crippen LogP contribution in [0.5, 0.6) is 0 Å². The van der Waals surface area contributed by atoms with Gasteiger partial charge in [0.15, 0.2) is 0 Å². The minimum absolute atomic E-state index is 0.266. The second kappa shape index (κ2) is 5.59. The van der Waals surface area contributed by atoms with Crippen LogP contribution < -0.4 is 0 Å². The van der Waals surface area contributed by atoms with E-state index in [1.807, 2.05) is 12.1 Å². The van der Waals surface area contributed by atoms with Crippen molar-refractivity contribution in [3.8, 4) is 0 Å². The van der Waals surface area contributed by atoms with Crippen molar-refractivity contribution in [2.45, 2.75) is 0 Å². The first-order valence-corrected chi connectivity index (χ1v) is 6.04. The average molecular weight is 355 g/mol. The molecule has 2 nitrogen and oxygen atoms in total. The quantitative estimate of drug-likeness (QED) is 0.474. The molecular formula is C9H8BrIO2. The lowest BCUT2D eigenvalue weighted by Crippen LogP contribution is -2.06. The number of alkyl halides is 1. The van der Waals surface area contributed by atoms with E-state index in [0.717, 1.165) is 8.90 Å². The molecule has 0 fully saturated rings. The monoisotopic (exact) mass is 354 g/mol. The fourth-order valence-electron chi connectivity index (χ4n) is 0.830. The van der Waals surface area contributed by atoms with E-state index < -0.39 is 0 Å². The van der Waals surface area contributed by atoms with Gasteiger partial charge in [-0.3, -0.25) is 0 Å². The summed E-state index contributed by atoms with van der Waals surface area (Å²) in [5, 5.41) is 0. The molecule has 0 heterocycles. The van der Waals surface area contributed by atoms with Gasteiger partial charge in [0.05, 0.1) is 5.56 Å². The maximum Gasteiger partial charge on any atom is 0.338 e. The Bertz CT molecular complexity index is 301. The van der Waals surface area contributed by atoms with Gasteiger partial charge in [0.1, 0.15) is 6.61 Å². The van der Waals surface area contributed by atoms with Gasteiger partial charge in [-0.1, -0.05) is 44.6 Å². The molecule has 0 aliphatic heterocycles. The van der Waals surface area contributed by atoms with E-state index in [9.17, 15) is 4.79 Å². The van der Waals surface area contributed by atoms with Crippen molar-refractivity contribution >= 4 is 44.5 Å². The lowest BCUT2D eigenvalue weighted by Gasteiger charge is -2.02. The van der Waals surface area contributed by atoms with Gasteiger partial charge in [0.25, 0.3) is 0 Å². The molecule has 1 aromatic carbocycles. The maximum atomic E-state index is 11.3. The molecule has 0 saturated carbocycles. The van der Waals surface area contributed by atoms with E-state index in [-0.39, 0.29) is 5.97 Å². The zero-order valence-electron chi connectivity index (χ0n) is 6.80. The number of hydrogen-bond acceptors (Lipinski definition) is 2. The number of hydrogen-bond donors (Lipinski definition) is 0. The molecule has 13 heavy (non-hydrogen) atoms. The van der Waals surface area contributed by atoms with Crippen LogP contribution in [0.15, 0.2) is 28.7 Å². The second-order valence-electron chi connectivity index (χ2n) is 2.34. The number of halogens is 2. The minimum atomic E-state index is -0.266. The van der Waals surface area contributed by atoms with E-state index in [1.54, 1.807) is 12.1 Å². The molecule has 0 aliphatic rings. The van der Waals surface area contributed by atoms with Gasteiger partial charge in [0, 0.05) is 8.90 Å². The van der Waals surface area contributed by atoms with Crippen molar-refractivity contribution in [2.75, 3.05) is 11.0 Å². The van der Waals surface area contributed by atoms with Crippen LogP contribution in [0.3, 0.4) is 0 Å². The second-order valence-corrected chi connectivity index (χ2v) is 4.33. The third-order valence-electron chi connectivity index (χ3n) is 1.37. The highest BCUT2D eigenvalue weighted by atomic mass is 127. The predicted molar refractivity (Wildman–Crippen MR) is 63.3 cm³/mol. The van der Waals surface area contributed by atoms with Crippen LogP contribution in [0.1, 0.15) is 10.4 Å². The van der Waals surface area contributed by atoms with Gasteiger partial charge in [-0.25, -0.2) is 4.79 Å². The third kappa shape index (κ3) is 3.64. The highest BCUT2D eigenvalue weighted by Crippen LogP contribution is 2.12. The Morgan fingerprint density at radius 1 is 1.54 bits per heavy atom. The van der Waals surface area contributed by atoms with Gasteiger partial charge < -0.3 is 4.74 Å². The zero-order chi connectivity index (χ0) is 9.68. The van der Waals surface area contributed by atoms with Crippen molar-refractivity contribution in [2.24, 2.45) is 0 Å². The Balaban J connectivity index is 2.66. The fraction of sp³-hybridized carbons (Fsp3) is 0.222. The molecule has 0 radical (unpaired) electrons. The van der Waals surface area contributed by atoms with Gasteiger partial charge in [-0.2, -0.15) is 0 Å². The highest BCUT2D eigenvalue weighted by Gasteiger charge is 2.05. The number of ether oxygens (including phenoxy) is 1. The summed E-state index contributed by atoms with van der Waals surface area (Å²) in [6.07, 6.45) is 0. The summed E-state index contributed by atoms with van der Waals surface area (Å²) in [5.41, 5.74) is 0.583. The van der Waals surface area contributed by atoms with Crippen LogP contribution in [0.4, 0.5) is 0 Å². The average Bonchev–Trinajstić information content (AvgIpc) is 2.14. The molecule has 1 aromatic rings. The summed E-state index contributed by atoms with van der Waals surface area (Å²) in [7, 11) is 0. The molecular weight excluding hydrogens is 347 g/mol. The van der Waals surface area contributed by atoms with E-state index in [1.165, 1.54) is 0 Å². The molecule has 1 rings (SSSR count). The number of carbonyl (C=O) groups is 1. The van der Waals surface area contributed by atoms with E-state index in [2.05, 4.69) is 38.5 Å². The third-order valence-corrected chi connectivity index (χ3v) is 2.30. The molecule has 0 amide bonds. The number of rotatable bonds is 3. The summed E-state index contributed by atoms with van der Waals surface area (Å²) in [6.45, 7) is 0.464. The lowest BCUT2D eigenvalue weighted by atomic mass is 10.2. The fourth-order valence-corrected chi connectivity index (χ4v) is 1.45. The van der Waals surface area contributed by atoms with Gasteiger partial charge >= 0.3 is 5.97 Å². The van der Waals surface area contributed by atoms with Crippen molar-refractivity contribution in [3.63, 3.8) is 0 Å². The Morgan fingerprint density at radius 3 is 2.92 bits per heavy atom. The van der Waals surface area contributed by atoms with Crippen LogP contribution in [0, 0.1) is 0 Å². The first-order chi connectivity index (χ1) is 6.24. The highest BCUT2D eigenvalue weighted by molar-refractivity contribution is 14.1. The normalized spacial score (nSPS) is 9.69. The first kappa shape index (κ1) is 11.0. The van der Waals surface area contributed by atoms with Crippen molar-refractivity contribution in [3.05, 3.63) is 34.3 Å². The summed E-state index contributed by atoms with van der Waals surface area (Å²) in [6, 6.07) is 7.16.